The number of rotatable bonds is 4. The maximum Gasteiger partial charge on any atom is 0.306 e. The first-order valence-electron chi connectivity index (χ1n) is 8.74. The average Bonchev–Trinajstić information content (AvgIpc) is 3.32. The second-order valence-corrected chi connectivity index (χ2v) is 7.18. The van der Waals surface area contributed by atoms with Crippen LogP contribution in [-0.2, 0) is 4.79 Å². The summed E-state index contributed by atoms with van der Waals surface area (Å²) >= 11 is 5.95. The van der Waals surface area contributed by atoms with Gasteiger partial charge in [0.25, 0.3) is 0 Å². The standard InChI is InChI=1S/C21H19ClN2O2/c22-18-8-5-15(6-9-18)14-1-3-16(4-2-14)20-11-12-23-24(20)19-10-7-17(13-19)21(25)26/h1-6,8-9,11-12,17,19H,7,10,13H2,(H,25,26)/t17-,19+/m0/s1. The molecule has 0 aliphatic heterocycles. The molecule has 1 aliphatic carbocycles. The van der Waals surface area contributed by atoms with Gasteiger partial charge in [-0.05, 0) is 54.2 Å². The Hall–Kier alpha value is -2.59. The van der Waals surface area contributed by atoms with Gasteiger partial charge in [-0.1, -0.05) is 48.0 Å². The molecule has 26 heavy (non-hydrogen) atoms. The molecule has 0 unspecified atom stereocenters. The number of benzene rings is 2. The average molecular weight is 367 g/mol. The Bertz CT molecular complexity index is 916. The second-order valence-electron chi connectivity index (χ2n) is 6.75. The van der Waals surface area contributed by atoms with Gasteiger partial charge in [-0.25, -0.2) is 0 Å². The minimum absolute atomic E-state index is 0.150. The van der Waals surface area contributed by atoms with Gasteiger partial charge in [-0.3, -0.25) is 9.48 Å². The molecule has 0 bridgehead atoms. The van der Waals surface area contributed by atoms with E-state index in [0.717, 1.165) is 40.2 Å². The van der Waals surface area contributed by atoms with E-state index in [0.29, 0.717) is 6.42 Å². The van der Waals surface area contributed by atoms with Crippen LogP contribution in [0.25, 0.3) is 22.4 Å². The van der Waals surface area contributed by atoms with E-state index in [1.165, 1.54) is 0 Å². The molecule has 0 radical (unpaired) electrons. The zero-order valence-corrected chi connectivity index (χ0v) is 14.9. The number of carbonyl (C=O) groups is 1. The number of halogens is 1. The minimum Gasteiger partial charge on any atom is -0.481 e. The van der Waals surface area contributed by atoms with Gasteiger partial charge in [0.1, 0.15) is 0 Å². The third kappa shape index (κ3) is 3.25. The Morgan fingerprint density at radius 3 is 2.19 bits per heavy atom. The van der Waals surface area contributed by atoms with Crippen LogP contribution in [0.4, 0.5) is 0 Å². The predicted molar refractivity (Wildman–Crippen MR) is 102 cm³/mol. The van der Waals surface area contributed by atoms with Gasteiger partial charge in [0.05, 0.1) is 17.7 Å². The molecule has 4 rings (SSSR count). The van der Waals surface area contributed by atoms with Crippen LogP contribution in [0.5, 0.6) is 0 Å². The Morgan fingerprint density at radius 1 is 0.962 bits per heavy atom. The van der Waals surface area contributed by atoms with Crippen molar-refractivity contribution in [2.75, 3.05) is 0 Å². The van der Waals surface area contributed by atoms with Crippen molar-refractivity contribution in [2.45, 2.75) is 25.3 Å². The predicted octanol–water partition coefficient (Wildman–Crippen LogP) is 5.30. The highest BCUT2D eigenvalue weighted by Gasteiger charge is 2.32. The molecule has 2 atom stereocenters. The van der Waals surface area contributed by atoms with Crippen LogP contribution in [0.3, 0.4) is 0 Å². The van der Waals surface area contributed by atoms with Crippen molar-refractivity contribution in [1.82, 2.24) is 9.78 Å². The van der Waals surface area contributed by atoms with Crippen molar-refractivity contribution >= 4 is 17.6 Å². The van der Waals surface area contributed by atoms with Gasteiger partial charge in [-0.15, -0.1) is 0 Å². The van der Waals surface area contributed by atoms with E-state index in [4.69, 9.17) is 11.6 Å². The van der Waals surface area contributed by atoms with E-state index < -0.39 is 5.97 Å². The van der Waals surface area contributed by atoms with Crippen molar-refractivity contribution in [3.8, 4) is 22.4 Å². The lowest BCUT2D eigenvalue weighted by molar-refractivity contribution is -0.141. The molecule has 4 nitrogen and oxygen atoms in total. The number of nitrogens with zero attached hydrogens (tertiary/aromatic N) is 2. The van der Waals surface area contributed by atoms with Crippen LogP contribution in [0.1, 0.15) is 25.3 Å². The minimum atomic E-state index is -0.700. The first-order chi connectivity index (χ1) is 12.6. The highest BCUT2D eigenvalue weighted by Crippen LogP contribution is 2.37. The molecule has 1 aromatic heterocycles. The summed E-state index contributed by atoms with van der Waals surface area (Å²) < 4.78 is 1.99. The van der Waals surface area contributed by atoms with Gasteiger partial charge in [0.15, 0.2) is 0 Å². The number of hydrogen-bond acceptors (Lipinski definition) is 2. The lowest BCUT2D eigenvalue weighted by atomic mass is 10.0. The summed E-state index contributed by atoms with van der Waals surface area (Å²) in [5.41, 5.74) is 4.36. The summed E-state index contributed by atoms with van der Waals surface area (Å²) in [7, 11) is 0. The number of aliphatic carboxylic acids is 1. The lowest BCUT2D eigenvalue weighted by Gasteiger charge is -2.15. The fourth-order valence-corrected chi connectivity index (χ4v) is 3.84. The van der Waals surface area contributed by atoms with Gasteiger partial charge in [-0.2, -0.15) is 5.10 Å². The van der Waals surface area contributed by atoms with Gasteiger partial charge in [0, 0.05) is 11.2 Å². The molecule has 1 N–H and O–H groups in total. The Labute approximate surface area is 157 Å². The Balaban J connectivity index is 1.58. The molecule has 3 aromatic rings. The molecule has 0 amide bonds. The molecule has 1 fully saturated rings. The van der Waals surface area contributed by atoms with Gasteiger partial charge in [0.2, 0.25) is 0 Å². The smallest absolute Gasteiger partial charge is 0.306 e. The van der Waals surface area contributed by atoms with Crippen LogP contribution in [0.15, 0.2) is 60.8 Å². The third-order valence-corrected chi connectivity index (χ3v) is 5.38. The first kappa shape index (κ1) is 16.9. The lowest BCUT2D eigenvalue weighted by Crippen LogP contribution is -2.12. The van der Waals surface area contributed by atoms with Crippen molar-refractivity contribution in [3.05, 3.63) is 65.8 Å². The molecule has 5 heteroatoms. The monoisotopic (exact) mass is 366 g/mol. The third-order valence-electron chi connectivity index (χ3n) is 5.13. The zero-order valence-electron chi connectivity index (χ0n) is 14.2. The van der Waals surface area contributed by atoms with Crippen LogP contribution in [-0.4, -0.2) is 20.9 Å². The molecule has 0 spiro atoms. The molecule has 1 aliphatic rings. The van der Waals surface area contributed by atoms with E-state index in [1.807, 2.05) is 35.0 Å². The number of hydrogen-bond donors (Lipinski definition) is 1. The number of carboxylic acid groups (broad SMARTS) is 1. The van der Waals surface area contributed by atoms with Crippen molar-refractivity contribution in [3.63, 3.8) is 0 Å². The normalized spacial score (nSPS) is 19.6. The van der Waals surface area contributed by atoms with Crippen molar-refractivity contribution in [2.24, 2.45) is 5.92 Å². The molecule has 1 heterocycles. The Morgan fingerprint density at radius 2 is 1.58 bits per heavy atom. The topological polar surface area (TPSA) is 55.1 Å². The summed E-state index contributed by atoms with van der Waals surface area (Å²) in [4.78, 5) is 11.2. The van der Waals surface area contributed by atoms with Gasteiger partial charge < -0.3 is 5.11 Å². The largest absolute Gasteiger partial charge is 0.481 e. The summed E-state index contributed by atoms with van der Waals surface area (Å²) in [6, 6.07) is 18.3. The van der Waals surface area contributed by atoms with Gasteiger partial charge >= 0.3 is 5.97 Å². The Kier molecular flexibility index (Phi) is 4.51. The molecule has 132 valence electrons. The van der Waals surface area contributed by atoms with E-state index in [2.05, 4.69) is 29.4 Å². The summed E-state index contributed by atoms with van der Waals surface area (Å²) in [5, 5.41) is 14.4. The van der Waals surface area contributed by atoms with E-state index >= 15 is 0 Å². The fourth-order valence-electron chi connectivity index (χ4n) is 3.71. The SMILES string of the molecule is O=C(O)[C@H]1CC[C@@H](n2nccc2-c2ccc(-c3ccc(Cl)cc3)cc2)C1. The van der Waals surface area contributed by atoms with E-state index in [1.54, 1.807) is 6.20 Å². The first-order valence-corrected chi connectivity index (χ1v) is 9.12. The molecular weight excluding hydrogens is 348 g/mol. The van der Waals surface area contributed by atoms with Crippen LogP contribution >= 0.6 is 11.6 Å². The summed E-state index contributed by atoms with van der Waals surface area (Å²) in [5.74, 6) is -0.960. The van der Waals surface area contributed by atoms with Crippen LogP contribution in [0, 0.1) is 5.92 Å². The molecule has 1 saturated carbocycles. The maximum atomic E-state index is 11.2. The quantitative estimate of drug-likeness (QED) is 0.682. The number of aromatic nitrogens is 2. The molecule has 2 aromatic carbocycles. The highest BCUT2D eigenvalue weighted by atomic mass is 35.5. The van der Waals surface area contributed by atoms with Crippen molar-refractivity contribution in [1.29, 1.82) is 0 Å². The van der Waals surface area contributed by atoms with E-state index in [-0.39, 0.29) is 12.0 Å². The van der Waals surface area contributed by atoms with Crippen LogP contribution in [0.2, 0.25) is 5.02 Å². The fraction of sp³-hybridized carbons (Fsp3) is 0.238. The van der Waals surface area contributed by atoms with E-state index in [9.17, 15) is 9.90 Å². The summed E-state index contributed by atoms with van der Waals surface area (Å²) in [6.45, 7) is 0. The van der Waals surface area contributed by atoms with Crippen LogP contribution < -0.4 is 0 Å². The zero-order chi connectivity index (χ0) is 18.1. The molecule has 0 saturated heterocycles. The maximum absolute atomic E-state index is 11.2. The summed E-state index contributed by atoms with van der Waals surface area (Å²) in [6.07, 6.45) is 4.01. The van der Waals surface area contributed by atoms with Crippen molar-refractivity contribution < 1.29 is 9.90 Å². The highest BCUT2D eigenvalue weighted by molar-refractivity contribution is 6.30. The molecular formula is C21H19ClN2O2. The number of carboxylic acids is 1. The second kappa shape index (κ2) is 6.96.